The molecule has 0 amide bonds. The lowest BCUT2D eigenvalue weighted by Crippen LogP contribution is -2.31. The van der Waals surface area contributed by atoms with Gasteiger partial charge in [-0.2, -0.15) is 8.42 Å². The molecular formula is C6H10F2O2S. The Morgan fingerprint density at radius 3 is 2.09 bits per heavy atom. The third-order valence-electron chi connectivity index (χ3n) is 1.98. The van der Waals surface area contributed by atoms with Crippen LogP contribution in [0.15, 0.2) is 0 Å². The van der Waals surface area contributed by atoms with E-state index in [1.807, 2.05) is 0 Å². The second-order valence-corrected chi connectivity index (χ2v) is 4.37. The largest absolute Gasteiger partial charge is 0.308 e. The van der Waals surface area contributed by atoms with Crippen LogP contribution < -0.4 is 0 Å². The van der Waals surface area contributed by atoms with E-state index in [9.17, 15) is 16.7 Å². The van der Waals surface area contributed by atoms with Crippen LogP contribution >= 0.6 is 0 Å². The molecule has 1 saturated carbocycles. The molecule has 0 aromatic carbocycles. The first-order chi connectivity index (χ1) is 5.02. The molecule has 0 bridgehead atoms. The number of halogens is 2. The molecule has 0 unspecified atom stereocenters. The minimum absolute atomic E-state index is 0.125. The maximum absolute atomic E-state index is 12.7. The van der Waals surface area contributed by atoms with Gasteiger partial charge in [0.05, 0.1) is 0 Å². The number of hydrogen-bond acceptors (Lipinski definition) is 2. The average molecular weight is 184 g/mol. The van der Waals surface area contributed by atoms with Crippen molar-refractivity contribution in [3.63, 3.8) is 0 Å². The van der Waals surface area contributed by atoms with Gasteiger partial charge in [0.2, 0.25) is 0 Å². The lowest BCUT2D eigenvalue weighted by atomic mass is 9.98. The fourth-order valence-electron chi connectivity index (χ4n) is 1.37. The zero-order valence-electron chi connectivity index (χ0n) is 5.96. The fourth-order valence-corrected chi connectivity index (χ4v) is 2.31. The molecule has 0 aliphatic heterocycles. The number of alkyl halides is 1. The highest BCUT2D eigenvalue weighted by atomic mass is 32.3. The van der Waals surface area contributed by atoms with Crippen LogP contribution in [0.25, 0.3) is 0 Å². The van der Waals surface area contributed by atoms with Crippen LogP contribution in [0.1, 0.15) is 25.7 Å². The Hall–Kier alpha value is -0.190. The highest BCUT2D eigenvalue weighted by Gasteiger charge is 2.35. The summed E-state index contributed by atoms with van der Waals surface area (Å²) >= 11 is 0. The summed E-state index contributed by atoms with van der Waals surface area (Å²) in [6.07, 6.45) is 0.0636. The zero-order valence-corrected chi connectivity index (χ0v) is 6.78. The molecular weight excluding hydrogens is 174 g/mol. The minimum Gasteiger partial charge on any atom is -0.246 e. The quantitative estimate of drug-likeness (QED) is 0.579. The van der Waals surface area contributed by atoms with Crippen LogP contribution in [0, 0.1) is 0 Å². The van der Waals surface area contributed by atoms with E-state index < -0.39 is 21.6 Å². The van der Waals surface area contributed by atoms with E-state index in [0.29, 0.717) is 12.8 Å². The van der Waals surface area contributed by atoms with Gasteiger partial charge in [-0.1, -0.05) is 12.8 Å². The second-order valence-electron chi connectivity index (χ2n) is 2.81. The second kappa shape index (κ2) is 3.05. The van der Waals surface area contributed by atoms with Crippen molar-refractivity contribution in [2.75, 3.05) is 0 Å². The van der Waals surface area contributed by atoms with Gasteiger partial charge in [0.1, 0.15) is 11.4 Å². The molecule has 0 spiro atoms. The Bertz CT molecular complexity index is 225. The summed E-state index contributed by atoms with van der Waals surface area (Å²) in [5, 5.41) is -1.39. The molecule has 2 nitrogen and oxygen atoms in total. The van der Waals surface area contributed by atoms with Crippen LogP contribution in [0.3, 0.4) is 0 Å². The van der Waals surface area contributed by atoms with E-state index in [0.717, 1.165) is 0 Å². The predicted molar refractivity (Wildman–Crippen MR) is 37.2 cm³/mol. The maximum atomic E-state index is 12.7. The Kier molecular flexibility index (Phi) is 2.47. The van der Waals surface area contributed by atoms with Crippen molar-refractivity contribution >= 4 is 10.2 Å². The standard InChI is InChI=1S/C6H10F2O2S/c7-5-3-1-2-4-6(5)11(8,9)10/h5-6H,1-4H2/t5-,6+/m1/s1. The van der Waals surface area contributed by atoms with Crippen molar-refractivity contribution in [1.29, 1.82) is 0 Å². The summed E-state index contributed by atoms with van der Waals surface area (Å²) in [7, 11) is -4.65. The van der Waals surface area contributed by atoms with E-state index in [1.54, 1.807) is 0 Å². The highest BCUT2D eigenvalue weighted by molar-refractivity contribution is 7.87. The van der Waals surface area contributed by atoms with Gasteiger partial charge in [0.25, 0.3) is 0 Å². The molecule has 0 aromatic rings. The van der Waals surface area contributed by atoms with E-state index in [1.165, 1.54) is 0 Å². The topological polar surface area (TPSA) is 34.1 Å². The van der Waals surface area contributed by atoms with Crippen molar-refractivity contribution in [2.45, 2.75) is 37.1 Å². The summed E-state index contributed by atoms with van der Waals surface area (Å²) in [6, 6.07) is 0. The fraction of sp³-hybridized carbons (Fsp3) is 1.00. The molecule has 1 aliphatic carbocycles. The van der Waals surface area contributed by atoms with Crippen molar-refractivity contribution in [3.05, 3.63) is 0 Å². The van der Waals surface area contributed by atoms with E-state index >= 15 is 0 Å². The molecule has 0 N–H and O–H groups in total. The van der Waals surface area contributed by atoms with Gasteiger partial charge < -0.3 is 0 Å². The van der Waals surface area contributed by atoms with Crippen molar-refractivity contribution in [2.24, 2.45) is 0 Å². The van der Waals surface area contributed by atoms with Crippen LogP contribution in [0.4, 0.5) is 8.28 Å². The van der Waals surface area contributed by atoms with E-state index in [2.05, 4.69) is 0 Å². The summed E-state index contributed by atoms with van der Waals surface area (Å²) in [4.78, 5) is 0. The van der Waals surface area contributed by atoms with Gasteiger partial charge in [-0.3, -0.25) is 0 Å². The molecule has 2 atom stereocenters. The molecule has 0 radical (unpaired) electrons. The first-order valence-corrected chi connectivity index (χ1v) is 5.04. The van der Waals surface area contributed by atoms with Gasteiger partial charge in [0, 0.05) is 0 Å². The molecule has 0 saturated heterocycles. The van der Waals surface area contributed by atoms with Crippen LogP contribution in [0.5, 0.6) is 0 Å². The van der Waals surface area contributed by atoms with Crippen LogP contribution in [-0.2, 0) is 10.2 Å². The van der Waals surface area contributed by atoms with Crippen LogP contribution in [-0.4, -0.2) is 19.8 Å². The first kappa shape index (κ1) is 8.90. The zero-order chi connectivity index (χ0) is 8.48. The third-order valence-corrected chi connectivity index (χ3v) is 3.24. The van der Waals surface area contributed by atoms with Crippen LogP contribution in [0.2, 0.25) is 0 Å². The molecule has 5 heteroatoms. The Morgan fingerprint density at radius 1 is 1.18 bits per heavy atom. The normalized spacial score (nSPS) is 33.6. The van der Waals surface area contributed by atoms with Gasteiger partial charge in [-0.25, -0.2) is 4.39 Å². The first-order valence-electron chi connectivity index (χ1n) is 3.59. The average Bonchev–Trinajstić information content (AvgIpc) is 1.86. The summed E-state index contributed by atoms with van der Waals surface area (Å²) in [5.74, 6) is 0. The van der Waals surface area contributed by atoms with E-state index in [4.69, 9.17) is 0 Å². The Morgan fingerprint density at radius 2 is 1.73 bits per heavy atom. The van der Waals surface area contributed by atoms with Gasteiger partial charge in [-0.15, -0.1) is 3.89 Å². The molecule has 1 rings (SSSR count). The summed E-state index contributed by atoms with van der Waals surface area (Å²) in [5.41, 5.74) is 0. The Balaban J connectivity index is 2.70. The van der Waals surface area contributed by atoms with Gasteiger partial charge >= 0.3 is 10.2 Å². The summed E-state index contributed by atoms with van der Waals surface area (Å²) < 4.78 is 45.6. The Labute approximate surface area is 64.8 Å². The lowest BCUT2D eigenvalue weighted by molar-refractivity contribution is 0.249. The SMILES string of the molecule is O=S(=O)(F)[C@H]1CCCC[C@H]1F. The molecule has 66 valence electrons. The van der Waals surface area contributed by atoms with E-state index in [-0.39, 0.29) is 12.8 Å². The molecule has 0 aromatic heterocycles. The number of rotatable bonds is 1. The van der Waals surface area contributed by atoms with Gasteiger partial charge in [-0.05, 0) is 12.8 Å². The minimum atomic E-state index is -4.65. The molecule has 0 heterocycles. The predicted octanol–water partition coefficient (Wildman–Crippen LogP) is 1.57. The van der Waals surface area contributed by atoms with Gasteiger partial charge in [0.15, 0.2) is 0 Å². The van der Waals surface area contributed by atoms with Crippen molar-refractivity contribution in [3.8, 4) is 0 Å². The molecule has 1 fully saturated rings. The molecule has 11 heavy (non-hydrogen) atoms. The molecule has 1 aliphatic rings. The third kappa shape index (κ3) is 2.12. The van der Waals surface area contributed by atoms with Crippen molar-refractivity contribution < 1.29 is 16.7 Å². The lowest BCUT2D eigenvalue weighted by Gasteiger charge is -2.21. The highest BCUT2D eigenvalue weighted by Crippen LogP contribution is 2.27. The monoisotopic (exact) mass is 184 g/mol. The smallest absolute Gasteiger partial charge is 0.246 e. The summed E-state index contributed by atoms with van der Waals surface area (Å²) in [6.45, 7) is 0. The maximum Gasteiger partial charge on any atom is 0.308 e. The van der Waals surface area contributed by atoms with Crippen molar-refractivity contribution in [1.82, 2.24) is 0 Å². The number of hydrogen-bond donors (Lipinski definition) is 0.